The van der Waals surface area contributed by atoms with Crippen molar-refractivity contribution in [1.29, 1.82) is 0 Å². The number of halogens is 1. The Morgan fingerprint density at radius 1 is 1.25 bits per heavy atom. The lowest BCUT2D eigenvalue weighted by molar-refractivity contribution is -0.305. The van der Waals surface area contributed by atoms with Crippen LogP contribution < -0.4 is 5.11 Å². The zero-order valence-corrected chi connectivity index (χ0v) is 15.7. The number of nitrogens with zero attached hydrogens (tertiary/aromatic N) is 3. The van der Waals surface area contributed by atoms with Gasteiger partial charge in [0, 0.05) is 0 Å². The van der Waals surface area contributed by atoms with E-state index in [4.69, 9.17) is 0 Å². The number of carboxylic acid groups (broad SMARTS) is 1. The lowest BCUT2D eigenvalue weighted by Crippen LogP contribution is -2.41. The molecule has 0 aliphatic heterocycles. The summed E-state index contributed by atoms with van der Waals surface area (Å²) in [5.41, 5.74) is 1.39. The van der Waals surface area contributed by atoms with E-state index < -0.39 is 12.5 Å². The van der Waals surface area contributed by atoms with Crippen molar-refractivity contribution >= 4 is 60.7 Å². The summed E-state index contributed by atoms with van der Waals surface area (Å²) in [5, 5.41) is 11.7. The first-order valence-corrected chi connectivity index (χ1v) is 9.33. The van der Waals surface area contributed by atoms with Crippen molar-refractivity contribution in [2.24, 2.45) is 0 Å². The molecule has 0 spiro atoms. The van der Waals surface area contributed by atoms with Gasteiger partial charge in [0.25, 0.3) is 5.91 Å². The van der Waals surface area contributed by atoms with Gasteiger partial charge < -0.3 is 14.8 Å². The third kappa shape index (κ3) is 3.63. The monoisotopic (exact) mass is 424 g/mol. The smallest absolute Gasteiger partial charge is 0.266 e. The first-order valence-electron chi connectivity index (χ1n) is 6.90. The average molecular weight is 425 g/mol. The molecule has 6 nitrogen and oxygen atoms in total. The summed E-state index contributed by atoms with van der Waals surface area (Å²) in [4.78, 5) is 34.0. The molecule has 0 aliphatic carbocycles. The summed E-state index contributed by atoms with van der Waals surface area (Å²) >= 11 is 5.85. The largest absolute Gasteiger partial charge is 0.548 e. The zero-order valence-electron chi connectivity index (χ0n) is 12.5. The number of rotatable bonds is 5. The van der Waals surface area contributed by atoms with Gasteiger partial charge in [-0.05, 0) is 35.0 Å². The van der Waals surface area contributed by atoms with E-state index in [9.17, 15) is 14.7 Å². The zero-order chi connectivity index (χ0) is 17.3. The highest BCUT2D eigenvalue weighted by atomic mass is 79.9. The molecule has 0 saturated heterocycles. The number of benzene rings is 1. The Morgan fingerprint density at radius 2 is 2.00 bits per heavy atom. The Balaban J connectivity index is 1.89. The van der Waals surface area contributed by atoms with Crippen molar-refractivity contribution in [2.75, 3.05) is 6.54 Å². The summed E-state index contributed by atoms with van der Waals surface area (Å²) in [5.74, 6) is -1.70. The van der Waals surface area contributed by atoms with Crippen LogP contribution in [0.3, 0.4) is 0 Å². The van der Waals surface area contributed by atoms with E-state index >= 15 is 0 Å². The fourth-order valence-corrected chi connectivity index (χ4v) is 4.71. The van der Waals surface area contributed by atoms with Gasteiger partial charge in [-0.1, -0.05) is 12.1 Å². The minimum Gasteiger partial charge on any atom is -0.548 e. The number of carbonyl (C=O) groups is 2. The van der Waals surface area contributed by atoms with Gasteiger partial charge in [0.1, 0.15) is 9.88 Å². The number of amides is 1. The maximum absolute atomic E-state index is 12.7. The highest BCUT2D eigenvalue weighted by molar-refractivity contribution is 9.11. The first-order chi connectivity index (χ1) is 11.4. The van der Waals surface area contributed by atoms with Crippen LogP contribution in [0.15, 0.2) is 28.2 Å². The van der Waals surface area contributed by atoms with Gasteiger partial charge in [0.2, 0.25) is 0 Å². The van der Waals surface area contributed by atoms with E-state index in [-0.39, 0.29) is 12.5 Å². The number of aryl methyl sites for hydroxylation is 1. The third-order valence-electron chi connectivity index (χ3n) is 3.24. The molecular weight excluding hydrogens is 414 g/mol. The molecule has 2 aromatic heterocycles. The minimum absolute atomic E-state index is 0.112. The topological polar surface area (TPSA) is 86.2 Å². The molecule has 3 rings (SSSR count). The number of carboxylic acids is 1. The summed E-state index contributed by atoms with van der Waals surface area (Å²) in [6.07, 6.45) is 0. The molecule has 1 aromatic carbocycles. The van der Waals surface area contributed by atoms with Gasteiger partial charge in [0.15, 0.2) is 3.92 Å². The van der Waals surface area contributed by atoms with Crippen molar-refractivity contribution < 1.29 is 14.7 Å². The fourth-order valence-electron chi connectivity index (χ4n) is 2.21. The number of aliphatic carboxylic acids is 1. The molecule has 0 bridgehead atoms. The van der Waals surface area contributed by atoms with E-state index in [1.54, 1.807) is 6.92 Å². The van der Waals surface area contributed by atoms with E-state index in [1.165, 1.54) is 27.6 Å². The van der Waals surface area contributed by atoms with E-state index in [0.717, 1.165) is 10.2 Å². The van der Waals surface area contributed by atoms with Crippen LogP contribution in [0.2, 0.25) is 0 Å². The Hall–Kier alpha value is -1.84. The SMILES string of the molecule is Cc1nc(Br)sc1C(=O)N(CC(=O)[O-])Cc1nc2ccccc2s1. The van der Waals surface area contributed by atoms with E-state index in [1.807, 2.05) is 24.3 Å². The average Bonchev–Trinajstić information content (AvgIpc) is 3.07. The lowest BCUT2D eigenvalue weighted by Gasteiger charge is -2.21. The summed E-state index contributed by atoms with van der Waals surface area (Å²) < 4.78 is 1.57. The van der Waals surface area contributed by atoms with Crippen LogP contribution in [0.4, 0.5) is 0 Å². The molecule has 0 aliphatic rings. The molecule has 1 amide bonds. The number of fused-ring (bicyclic) bond motifs is 1. The normalized spacial score (nSPS) is 10.9. The van der Waals surface area contributed by atoms with Crippen molar-refractivity contribution in [3.63, 3.8) is 0 Å². The second-order valence-corrected chi connectivity index (χ2v) is 8.38. The number of thiazole rings is 2. The van der Waals surface area contributed by atoms with Gasteiger partial charge in [-0.2, -0.15) is 0 Å². The standard InChI is InChI=1S/C15H12BrN3O3S2/c1-8-13(24-15(16)17-8)14(22)19(7-12(20)21)6-11-18-9-4-2-3-5-10(9)23-11/h2-5H,6-7H2,1H3,(H,20,21)/p-1. The second kappa shape index (κ2) is 6.96. The predicted molar refractivity (Wildman–Crippen MR) is 93.9 cm³/mol. The third-order valence-corrected chi connectivity index (χ3v) is 5.85. The van der Waals surface area contributed by atoms with E-state index in [2.05, 4.69) is 25.9 Å². The van der Waals surface area contributed by atoms with Gasteiger partial charge >= 0.3 is 0 Å². The van der Waals surface area contributed by atoms with Crippen molar-refractivity contribution in [3.05, 3.63) is 43.8 Å². The summed E-state index contributed by atoms with van der Waals surface area (Å²) in [6, 6.07) is 7.61. The predicted octanol–water partition coefficient (Wildman–Crippen LogP) is 2.22. The molecule has 3 aromatic rings. The Morgan fingerprint density at radius 3 is 2.62 bits per heavy atom. The molecule has 9 heteroatoms. The Bertz CT molecular complexity index is 889. The van der Waals surface area contributed by atoms with Crippen molar-refractivity contribution in [2.45, 2.75) is 13.5 Å². The van der Waals surface area contributed by atoms with E-state index in [0.29, 0.717) is 19.5 Å². The lowest BCUT2D eigenvalue weighted by atomic mass is 10.3. The van der Waals surface area contributed by atoms with Crippen LogP contribution in [0.1, 0.15) is 20.4 Å². The Kier molecular flexibility index (Phi) is 4.93. The van der Waals surface area contributed by atoms with Gasteiger partial charge in [0.05, 0.1) is 35.0 Å². The minimum atomic E-state index is -1.31. The van der Waals surface area contributed by atoms with Crippen molar-refractivity contribution in [3.8, 4) is 0 Å². The highest BCUT2D eigenvalue weighted by Gasteiger charge is 2.22. The number of aromatic nitrogens is 2. The van der Waals surface area contributed by atoms with Crippen LogP contribution in [0.5, 0.6) is 0 Å². The molecule has 0 N–H and O–H groups in total. The van der Waals surface area contributed by atoms with Crippen molar-refractivity contribution in [1.82, 2.24) is 14.9 Å². The maximum Gasteiger partial charge on any atom is 0.266 e. The number of hydrogen-bond acceptors (Lipinski definition) is 7. The Labute approximate surface area is 153 Å². The molecule has 0 unspecified atom stereocenters. The van der Waals surface area contributed by atoms with Crippen LogP contribution in [-0.4, -0.2) is 33.3 Å². The summed E-state index contributed by atoms with van der Waals surface area (Å²) in [6.45, 7) is 1.33. The van der Waals surface area contributed by atoms with Crippen LogP contribution in [0.25, 0.3) is 10.2 Å². The molecule has 2 heterocycles. The molecule has 124 valence electrons. The molecular formula is C15H11BrN3O3S2-. The van der Waals surface area contributed by atoms with Crippen LogP contribution in [-0.2, 0) is 11.3 Å². The van der Waals surface area contributed by atoms with Gasteiger partial charge in [-0.15, -0.1) is 22.7 Å². The first kappa shape index (κ1) is 17.0. The van der Waals surface area contributed by atoms with Crippen LogP contribution >= 0.6 is 38.6 Å². The van der Waals surface area contributed by atoms with Gasteiger partial charge in [-0.3, -0.25) is 4.79 Å². The maximum atomic E-state index is 12.7. The molecule has 0 saturated carbocycles. The molecule has 0 atom stereocenters. The summed E-state index contributed by atoms with van der Waals surface area (Å²) in [7, 11) is 0. The quantitative estimate of drug-likeness (QED) is 0.626. The molecule has 24 heavy (non-hydrogen) atoms. The number of carbonyl (C=O) groups excluding carboxylic acids is 2. The molecule has 0 radical (unpaired) electrons. The van der Waals surface area contributed by atoms with Crippen LogP contribution in [0, 0.1) is 6.92 Å². The second-order valence-electron chi connectivity index (χ2n) is 4.99. The number of hydrogen-bond donors (Lipinski definition) is 0. The number of para-hydroxylation sites is 1. The fraction of sp³-hybridized carbons (Fsp3) is 0.200. The highest BCUT2D eigenvalue weighted by Crippen LogP contribution is 2.26. The van der Waals surface area contributed by atoms with Gasteiger partial charge in [-0.25, -0.2) is 9.97 Å². The molecule has 0 fully saturated rings.